The number of hydrogen-bond acceptors (Lipinski definition) is 3. The lowest BCUT2D eigenvalue weighted by Crippen LogP contribution is -2.18. The number of methoxy groups -OCH3 is 1. The summed E-state index contributed by atoms with van der Waals surface area (Å²) in [4.78, 5) is 7.15. The van der Waals surface area contributed by atoms with Gasteiger partial charge in [-0.25, -0.2) is 0 Å². The molecule has 0 atom stereocenters. The number of nitrogens with zero attached hydrogens (tertiary/aromatic N) is 2. The molecule has 0 radical (unpaired) electrons. The standard InChI is InChI=1S/C20H27N2OP.C2H6/c1-15-19(23-2)12-17(13-20(15)24(3)4)18-11-16(7-8-21-18)14-22-9-5-6-10-22;1-2/h7-8,11-13H,5-6,9-10,14H2,1-4H3;1-2H3. The predicted octanol–water partition coefficient (Wildman–Crippen LogP) is 5.05. The summed E-state index contributed by atoms with van der Waals surface area (Å²) < 4.78 is 5.61. The number of pyridine rings is 1. The zero-order valence-electron chi connectivity index (χ0n) is 17.2. The second-order valence-corrected chi connectivity index (χ2v) is 9.02. The molecule has 1 saturated heterocycles. The average Bonchev–Trinajstić information content (AvgIpc) is 3.16. The Balaban J connectivity index is 0.00000117. The third-order valence-corrected chi connectivity index (χ3v) is 6.19. The first kappa shape index (κ1) is 20.9. The number of ether oxygens (including phenoxy) is 1. The van der Waals surface area contributed by atoms with Crippen LogP contribution < -0.4 is 10.0 Å². The van der Waals surface area contributed by atoms with Gasteiger partial charge in [-0.05, 0) is 86.9 Å². The first-order valence-corrected chi connectivity index (χ1v) is 11.9. The third kappa shape index (κ3) is 5.05. The summed E-state index contributed by atoms with van der Waals surface area (Å²) in [5, 5.41) is 1.39. The topological polar surface area (TPSA) is 25.4 Å². The molecule has 1 aliphatic rings. The number of benzene rings is 1. The lowest BCUT2D eigenvalue weighted by molar-refractivity contribution is 0.331. The highest BCUT2D eigenvalue weighted by molar-refractivity contribution is 7.64. The minimum absolute atomic E-state index is 0.180. The summed E-state index contributed by atoms with van der Waals surface area (Å²) in [6.07, 6.45) is 4.59. The number of rotatable bonds is 5. The Labute approximate surface area is 160 Å². The minimum atomic E-state index is -0.180. The van der Waals surface area contributed by atoms with Crippen LogP contribution in [0.4, 0.5) is 0 Å². The van der Waals surface area contributed by atoms with Crippen molar-refractivity contribution in [2.24, 2.45) is 0 Å². The van der Waals surface area contributed by atoms with Crippen LogP contribution in [-0.2, 0) is 6.54 Å². The Morgan fingerprint density at radius 2 is 1.81 bits per heavy atom. The summed E-state index contributed by atoms with van der Waals surface area (Å²) in [6, 6.07) is 8.80. The molecular weight excluding hydrogens is 339 g/mol. The van der Waals surface area contributed by atoms with Gasteiger partial charge in [-0.15, -0.1) is 0 Å². The maximum Gasteiger partial charge on any atom is 0.123 e. The average molecular weight is 372 g/mol. The molecule has 0 amide bonds. The van der Waals surface area contributed by atoms with Gasteiger partial charge in [-0.3, -0.25) is 9.88 Å². The molecule has 1 fully saturated rings. The highest BCUT2D eigenvalue weighted by atomic mass is 31.1. The van der Waals surface area contributed by atoms with Crippen molar-refractivity contribution in [1.82, 2.24) is 9.88 Å². The molecule has 0 unspecified atom stereocenters. The van der Waals surface area contributed by atoms with Crippen LogP contribution in [-0.4, -0.2) is 43.4 Å². The second kappa shape index (κ2) is 10.0. The van der Waals surface area contributed by atoms with E-state index >= 15 is 0 Å². The zero-order valence-corrected chi connectivity index (χ0v) is 18.1. The molecule has 26 heavy (non-hydrogen) atoms. The van der Waals surface area contributed by atoms with Crippen LogP contribution in [0, 0.1) is 6.92 Å². The molecule has 3 nitrogen and oxygen atoms in total. The fraction of sp³-hybridized carbons (Fsp3) is 0.500. The van der Waals surface area contributed by atoms with E-state index in [2.05, 4.69) is 54.4 Å². The van der Waals surface area contributed by atoms with Crippen molar-refractivity contribution in [2.45, 2.75) is 40.2 Å². The van der Waals surface area contributed by atoms with Crippen LogP contribution in [0.2, 0.25) is 0 Å². The number of hydrogen-bond donors (Lipinski definition) is 0. The van der Waals surface area contributed by atoms with Gasteiger partial charge in [-0.2, -0.15) is 0 Å². The van der Waals surface area contributed by atoms with Crippen LogP contribution in [0.1, 0.15) is 37.8 Å². The summed E-state index contributed by atoms with van der Waals surface area (Å²) in [5.74, 6) is 0.963. The van der Waals surface area contributed by atoms with Crippen molar-refractivity contribution in [1.29, 1.82) is 0 Å². The van der Waals surface area contributed by atoms with Gasteiger partial charge >= 0.3 is 0 Å². The first-order valence-electron chi connectivity index (χ1n) is 9.62. The van der Waals surface area contributed by atoms with Crippen LogP contribution >= 0.6 is 7.92 Å². The van der Waals surface area contributed by atoms with Crippen LogP contribution in [0.3, 0.4) is 0 Å². The van der Waals surface area contributed by atoms with Crippen molar-refractivity contribution in [3.05, 3.63) is 41.6 Å². The lowest BCUT2D eigenvalue weighted by atomic mass is 10.1. The quantitative estimate of drug-likeness (QED) is 0.687. The Morgan fingerprint density at radius 1 is 1.12 bits per heavy atom. The molecule has 2 aromatic rings. The first-order chi connectivity index (χ1) is 12.6. The molecule has 142 valence electrons. The van der Waals surface area contributed by atoms with Crippen molar-refractivity contribution < 1.29 is 4.74 Å². The summed E-state index contributed by atoms with van der Waals surface area (Å²) in [5.41, 5.74) is 4.80. The maximum absolute atomic E-state index is 5.61. The Kier molecular flexibility index (Phi) is 8.06. The third-order valence-electron chi connectivity index (χ3n) is 4.76. The van der Waals surface area contributed by atoms with Crippen molar-refractivity contribution in [3.63, 3.8) is 0 Å². The van der Waals surface area contributed by atoms with E-state index in [9.17, 15) is 0 Å². The van der Waals surface area contributed by atoms with Gasteiger partial charge in [-0.1, -0.05) is 21.8 Å². The van der Waals surface area contributed by atoms with Crippen molar-refractivity contribution in [3.8, 4) is 17.0 Å². The van der Waals surface area contributed by atoms with Gasteiger partial charge in [0.15, 0.2) is 0 Å². The SMILES string of the molecule is CC.COc1cc(-c2cc(CN3CCCC3)ccn2)cc(P(C)C)c1C. The van der Waals surface area contributed by atoms with Gasteiger partial charge in [0.1, 0.15) is 5.75 Å². The molecule has 0 spiro atoms. The highest BCUT2D eigenvalue weighted by Crippen LogP contribution is 2.33. The molecule has 0 bridgehead atoms. The molecule has 0 N–H and O–H groups in total. The van der Waals surface area contributed by atoms with E-state index in [0.717, 1.165) is 23.6 Å². The fourth-order valence-corrected chi connectivity index (χ4v) is 4.61. The Bertz CT molecular complexity index is 709. The van der Waals surface area contributed by atoms with Gasteiger partial charge in [0, 0.05) is 18.3 Å². The van der Waals surface area contributed by atoms with Gasteiger partial charge in [0.2, 0.25) is 0 Å². The molecule has 1 aromatic heterocycles. The summed E-state index contributed by atoms with van der Waals surface area (Å²) in [6.45, 7) is 14.2. The monoisotopic (exact) mass is 372 g/mol. The largest absolute Gasteiger partial charge is 0.496 e. The van der Waals surface area contributed by atoms with E-state index < -0.39 is 0 Å². The zero-order chi connectivity index (χ0) is 19.1. The van der Waals surface area contributed by atoms with Crippen molar-refractivity contribution >= 4 is 13.2 Å². The van der Waals surface area contributed by atoms with Gasteiger partial charge in [0.25, 0.3) is 0 Å². The van der Waals surface area contributed by atoms with Gasteiger partial charge < -0.3 is 4.74 Å². The van der Waals surface area contributed by atoms with Crippen molar-refractivity contribution in [2.75, 3.05) is 33.5 Å². The molecule has 2 heterocycles. The van der Waals surface area contributed by atoms with E-state index in [1.807, 2.05) is 20.0 Å². The molecular formula is C22H33N2OP. The predicted molar refractivity (Wildman–Crippen MR) is 115 cm³/mol. The molecule has 1 aliphatic heterocycles. The summed E-state index contributed by atoms with van der Waals surface area (Å²) in [7, 11) is 1.57. The Morgan fingerprint density at radius 3 is 2.42 bits per heavy atom. The van der Waals surface area contributed by atoms with Crippen LogP contribution in [0.15, 0.2) is 30.5 Å². The molecule has 0 saturated carbocycles. The van der Waals surface area contributed by atoms with Gasteiger partial charge in [0.05, 0.1) is 12.8 Å². The normalized spacial score (nSPS) is 14.3. The smallest absolute Gasteiger partial charge is 0.123 e. The maximum atomic E-state index is 5.61. The van der Waals surface area contributed by atoms with E-state index in [4.69, 9.17) is 4.74 Å². The summed E-state index contributed by atoms with van der Waals surface area (Å²) >= 11 is 0. The number of aromatic nitrogens is 1. The minimum Gasteiger partial charge on any atom is -0.496 e. The lowest BCUT2D eigenvalue weighted by Gasteiger charge is -2.17. The highest BCUT2D eigenvalue weighted by Gasteiger charge is 2.14. The van der Waals surface area contributed by atoms with E-state index in [0.29, 0.717) is 0 Å². The number of likely N-dealkylation sites (tertiary alicyclic amines) is 1. The molecule has 4 heteroatoms. The fourth-order valence-electron chi connectivity index (χ4n) is 3.43. The van der Waals surface area contributed by atoms with E-state index in [1.165, 1.54) is 42.4 Å². The second-order valence-electron chi connectivity index (χ2n) is 6.75. The molecule has 0 aliphatic carbocycles. The molecule has 1 aromatic carbocycles. The van der Waals surface area contributed by atoms with Crippen LogP contribution in [0.25, 0.3) is 11.3 Å². The molecule has 3 rings (SSSR count). The van der Waals surface area contributed by atoms with Crippen LogP contribution in [0.5, 0.6) is 5.75 Å². The van der Waals surface area contributed by atoms with E-state index in [-0.39, 0.29) is 7.92 Å². The Hall–Kier alpha value is -1.44. The van der Waals surface area contributed by atoms with E-state index in [1.54, 1.807) is 7.11 Å².